The van der Waals surface area contributed by atoms with Gasteiger partial charge < -0.3 is 9.47 Å². The number of ether oxygens (including phenoxy) is 2. The van der Waals surface area contributed by atoms with E-state index in [2.05, 4.69) is 91.6 Å². The van der Waals surface area contributed by atoms with Crippen LogP contribution >= 0.6 is 0 Å². The maximum Gasteiger partial charge on any atom is 0.170 e. The first-order chi connectivity index (χ1) is 17.1. The Morgan fingerprint density at radius 3 is 2.06 bits per heavy atom. The summed E-state index contributed by atoms with van der Waals surface area (Å²) < 4.78 is 12.8. The third kappa shape index (κ3) is 3.08. The molecule has 0 bridgehead atoms. The number of benzene rings is 4. The predicted octanol–water partition coefficient (Wildman–Crippen LogP) is 8.62. The van der Waals surface area contributed by atoms with Gasteiger partial charge in [0.25, 0.3) is 0 Å². The molecular formula is C32H23NO2. The molecule has 4 aromatic carbocycles. The Labute approximate surface area is 204 Å². The van der Waals surface area contributed by atoms with E-state index in [0.717, 1.165) is 45.3 Å². The first-order valence-corrected chi connectivity index (χ1v) is 11.9. The average molecular weight is 454 g/mol. The van der Waals surface area contributed by atoms with Crippen molar-refractivity contribution >= 4 is 0 Å². The average Bonchev–Trinajstić information content (AvgIpc) is 3.12. The summed E-state index contributed by atoms with van der Waals surface area (Å²) in [6.45, 7) is 4.54. The van der Waals surface area contributed by atoms with Crippen LogP contribution in [-0.2, 0) is 5.41 Å². The minimum absolute atomic E-state index is 0.0751. The molecule has 3 nitrogen and oxygen atoms in total. The van der Waals surface area contributed by atoms with E-state index in [1.54, 1.807) is 0 Å². The van der Waals surface area contributed by atoms with Crippen LogP contribution in [0.25, 0.3) is 33.4 Å². The summed E-state index contributed by atoms with van der Waals surface area (Å²) in [5.74, 6) is 2.99. The Bertz CT molecular complexity index is 1620. The van der Waals surface area contributed by atoms with E-state index in [9.17, 15) is 0 Å². The fraction of sp³-hybridized carbons (Fsp3) is 0.0938. The minimum atomic E-state index is -0.0751. The van der Waals surface area contributed by atoms with Crippen molar-refractivity contribution in [3.63, 3.8) is 0 Å². The minimum Gasteiger partial charge on any atom is -0.450 e. The van der Waals surface area contributed by atoms with Crippen LogP contribution in [0, 0.1) is 0 Å². The number of nitrogens with zero attached hydrogens (tertiary/aromatic N) is 1. The SMILES string of the molecule is CC1(C)c2ccccc2-c2cc3c(cc21)Oc1ccc(-c2cccc(-c4ccncc4)c2)cc1O3. The number of fused-ring (bicyclic) bond motifs is 5. The molecule has 0 unspecified atom stereocenters. The smallest absolute Gasteiger partial charge is 0.170 e. The number of rotatable bonds is 2. The van der Waals surface area contributed by atoms with E-state index in [1.165, 1.54) is 22.3 Å². The van der Waals surface area contributed by atoms with Crippen molar-refractivity contribution in [1.82, 2.24) is 4.98 Å². The van der Waals surface area contributed by atoms with Crippen LogP contribution in [0.5, 0.6) is 23.0 Å². The summed E-state index contributed by atoms with van der Waals surface area (Å²) in [6.07, 6.45) is 3.64. The van der Waals surface area contributed by atoms with Crippen LogP contribution in [0.2, 0.25) is 0 Å². The third-order valence-electron chi connectivity index (χ3n) is 7.24. The molecule has 2 heterocycles. The van der Waals surface area contributed by atoms with E-state index >= 15 is 0 Å². The summed E-state index contributed by atoms with van der Waals surface area (Å²) in [7, 11) is 0. The summed E-state index contributed by atoms with van der Waals surface area (Å²) in [4.78, 5) is 4.13. The lowest BCUT2D eigenvalue weighted by atomic mass is 9.82. The second-order valence-corrected chi connectivity index (χ2v) is 9.70. The molecule has 0 radical (unpaired) electrons. The molecule has 0 amide bonds. The number of hydrogen-bond donors (Lipinski definition) is 0. The van der Waals surface area contributed by atoms with Gasteiger partial charge >= 0.3 is 0 Å². The van der Waals surface area contributed by atoms with E-state index in [4.69, 9.17) is 9.47 Å². The number of pyridine rings is 1. The van der Waals surface area contributed by atoms with Gasteiger partial charge in [0.1, 0.15) is 0 Å². The van der Waals surface area contributed by atoms with Crippen LogP contribution in [0.4, 0.5) is 0 Å². The Balaban J connectivity index is 1.27. The molecule has 3 heteroatoms. The monoisotopic (exact) mass is 453 g/mol. The quantitative estimate of drug-likeness (QED) is 0.263. The molecule has 1 aromatic heterocycles. The lowest BCUT2D eigenvalue weighted by Crippen LogP contribution is -2.15. The van der Waals surface area contributed by atoms with Gasteiger partial charge in [0, 0.05) is 17.8 Å². The lowest BCUT2D eigenvalue weighted by molar-refractivity contribution is 0.359. The summed E-state index contributed by atoms with van der Waals surface area (Å²) in [5.41, 5.74) is 9.53. The number of aromatic nitrogens is 1. The van der Waals surface area contributed by atoms with Crippen molar-refractivity contribution in [2.75, 3.05) is 0 Å². The Morgan fingerprint density at radius 2 is 1.20 bits per heavy atom. The molecule has 0 atom stereocenters. The lowest BCUT2D eigenvalue weighted by Gasteiger charge is -2.25. The molecular weight excluding hydrogens is 430 g/mol. The van der Waals surface area contributed by atoms with E-state index in [-0.39, 0.29) is 5.41 Å². The fourth-order valence-electron chi connectivity index (χ4n) is 5.38. The molecule has 0 saturated carbocycles. The van der Waals surface area contributed by atoms with Crippen LogP contribution in [0.15, 0.2) is 103 Å². The predicted molar refractivity (Wildman–Crippen MR) is 139 cm³/mol. The second kappa shape index (κ2) is 7.31. The van der Waals surface area contributed by atoms with E-state index < -0.39 is 0 Å². The topological polar surface area (TPSA) is 31.4 Å². The van der Waals surface area contributed by atoms with Crippen LogP contribution in [0.3, 0.4) is 0 Å². The molecule has 7 rings (SSSR count). The molecule has 168 valence electrons. The van der Waals surface area contributed by atoms with Gasteiger partial charge in [0.2, 0.25) is 0 Å². The van der Waals surface area contributed by atoms with Gasteiger partial charge in [-0.1, -0.05) is 62.4 Å². The van der Waals surface area contributed by atoms with Crippen molar-refractivity contribution in [2.24, 2.45) is 0 Å². The van der Waals surface area contributed by atoms with Crippen LogP contribution in [-0.4, -0.2) is 4.98 Å². The van der Waals surface area contributed by atoms with Crippen molar-refractivity contribution in [3.8, 4) is 56.4 Å². The van der Waals surface area contributed by atoms with Crippen molar-refractivity contribution < 1.29 is 9.47 Å². The van der Waals surface area contributed by atoms with Gasteiger partial charge in [0.15, 0.2) is 23.0 Å². The second-order valence-electron chi connectivity index (χ2n) is 9.70. The summed E-state index contributed by atoms with van der Waals surface area (Å²) >= 11 is 0. The maximum absolute atomic E-state index is 6.43. The van der Waals surface area contributed by atoms with E-state index in [0.29, 0.717) is 0 Å². The Hall–Kier alpha value is -4.37. The highest BCUT2D eigenvalue weighted by molar-refractivity contribution is 5.83. The number of hydrogen-bond acceptors (Lipinski definition) is 3. The fourth-order valence-corrected chi connectivity index (χ4v) is 5.38. The highest BCUT2D eigenvalue weighted by atomic mass is 16.6. The molecule has 5 aromatic rings. The van der Waals surface area contributed by atoms with Crippen molar-refractivity contribution in [3.05, 3.63) is 115 Å². The summed E-state index contributed by atoms with van der Waals surface area (Å²) in [5, 5.41) is 0. The van der Waals surface area contributed by atoms with Gasteiger partial charge in [-0.25, -0.2) is 0 Å². The van der Waals surface area contributed by atoms with Crippen molar-refractivity contribution in [2.45, 2.75) is 19.3 Å². The van der Waals surface area contributed by atoms with Gasteiger partial charge in [-0.2, -0.15) is 0 Å². The molecule has 35 heavy (non-hydrogen) atoms. The molecule has 2 aliphatic rings. The molecule has 0 spiro atoms. The van der Waals surface area contributed by atoms with Crippen LogP contribution in [0.1, 0.15) is 25.0 Å². The first kappa shape index (κ1) is 20.0. The first-order valence-electron chi connectivity index (χ1n) is 11.9. The highest BCUT2D eigenvalue weighted by Crippen LogP contribution is 2.55. The molecule has 0 fully saturated rings. The normalized spacial score (nSPS) is 14.1. The highest BCUT2D eigenvalue weighted by Gasteiger charge is 2.37. The van der Waals surface area contributed by atoms with Gasteiger partial charge in [-0.05, 0) is 87.0 Å². The van der Waals surface area contributed by atoms with Crippen LogP contribution < -0.4 is 9.47 Å². The Kier molecular flexibility index (Phi) is 4.19. The van der Waals surface area contributed by atoms with Crippen molar-refractivity contribution in [1.29, 1.82) is 0 Å². The molecule has 0 saturated heterocycles. The standard InChI is InChI=1S/C32H23NO2/c1-32(2)26-9-4-3-8-24(26)25-18-30-31(19-27(25)32)34-28-11-10-23(17-29(28)35-30)22-7-5-6-21(16-22)20-12-14-33-15-13-20/h3-19H,1-2H3. The largest absolute Gasteiger partial charge is 0.450 e. The maximum atomic E-state index is 6.43. The van der Waals surface area contributed by atoms with Gasteiger partial charge in [-0.3, -0.25) is 4.98 Å². The zero-order valence-corrected chi connectivity index (χ0v) is 19.6. The zero-order chi connectivity index (χ0) is 23.6. The summed E-state index contributed by atoms with van der Waals surface area (Å²) in [6, 6.07) is 31.6. The Morgan fingerprint density at radius 1 is 0.514 bits per heavy atom. The molecule has 1 aliphatic heterocycles. The van der Waals surface area contributed by atoms with Gasteiger partial charge in [-0.15, -0.1) is 0 Å². The van der Waals surface area contributed by atoms with E-state index in [1.807, 2.05) is 30.6 Å². The zero-order valence-electron chi connectivity index (χ0n) is 19.6. The third-order valence-corrected chi connectivity index (χ3v) is 7.24. The van der Waals surface area contributed by atoms with Gasteiger partial charge in [0.05, 0.1) is 0 Å². The molecule has 1 aliphatic carbocycles. The molecule has 0 N–H and O–H groups in total.